The number of rotatable bonds is 4. The molecule has 1 unspecified atom stereocenters. The molecule has 1 atom stereocenters. The van der Waals surface area contributed by atoms with Gasteiger partial charge in [0, 0.05) is 38.3 Å². The topological polar surface area (TPSA) is 33.1 Å². The Morgan fingerprint density at radius 3 is 2.74 bits per heavy atom. The van der Waals surface area contributed by atoms with Crippen molar-refractivity contribution in [3.05, 3.63) is 17.5 Å². The van der Waals surface area contributed by atoms with Gasteiger partial charge in [0.25, 0.3) is 0 Å². The molecule has 108 valence electrons. The van der Waals surface area contributed by atoms with E-state index in [1.807, 2.05) is 4.68 Å². The lowest BCUT2D eigenvalue weighted by atomic mass is 9.97. The number of aromatic nitrogens is 2. The molecule has 1 N–H and O–H groups in total. The van der Waals surface area contributed by atoms with E-state index >= 15 is 0 Å². The molecular formula is C15H28N4. The lowest BCUT2D eigenvalue weighted by Gasteiger charge is -2.44. The zero-order valence-corrected chi connectivity index (χ0v) is 13.0. The van der Waals surface area contributed by atoms with Crippen LogP contribution in [0.25, 0.3) is 0 Å². The van der Waals surface area contributed by atoms with E-state index in [2.05, 4.69) is 56.1 Å². The fourth-order valence-electron chi connectivity index (χ4n) is 2.90. The summed E-state index contributed by atoms with van der Waals surface area (Å²) in [5, 5.41) is 8.20. The van der Waals surface area contributed by atoms with E-state index < -0.39 is 0 Å². The largest absolute Gasteiger partial charge is 0.309 e. The number of hydrogen-bond donors (Lipinski definition) is 1. The van der Waals surface area contributed by atoms with Gasteiger partial charge in [-0.1, -0.05) is 13.8 Å². The fraction of sp³-hybridized carbons (Fsp3) is 0.800. The third-order valence-electron chi connectivity index (χ3n) is 4.16. The maximum Gasteiger partial charge on any atom is 0.0625 e. The Balaban J connectivity index is 2.12. The van der Waals surface area contributed by atoms with E-state index in [0.29, 0.717) is 6.04 Å². The molecule has 0 bridgehead atoms. The van der Waals surface area contributed by atoms with Gasteiger partial charge in [0.2, 0.25) is 0 Å². The van der Waals surface area contributed by atoms with Gasteiger partial charge in [-0.2, -0.15) is 5.10 Å². The highest BCUT2D eigenvalue weighted by Crippen LogP contribution is 2.20. The summed E-state index contributed by atoms with van der Waals surface area (Å²) in [5.74, 6) is 0. The molecule has 0 spiro atoms. The average Bonchev–Trinajstić information content (AvgIpc) is 2.70. The molecule has 4 nitrogen and oxygen atoms in total. The molecule has 2 rings (SSSR count). The highest BCUT2D eigenvalue weighted by Gasteiger charge is 2.31. The molecule has 2 heterocycles. The maximum atomic E-state index is 4.56. The SMILES string of the molecule is CCc1cc(CN2CC(C)(C)NCC2CC)n(C)n1. The van der Waals surface area contributed by atoms with Gasteiger partial charge >= 0.3 is 0 Å². The third-order valence-corrected chi connectivity index (χ3v) is 4.16. The number of piperazine rings is 1. The second kappa shape index (κ2) is 5.63. The molecule has 0 amide bonds. The molecule has 19 heavy (non-hydrogen) atoms. The van der Waals surface area contributed by atoms with Crippen molar-refractivity contribution in [1.82, 2.24) is 20.0 Å². The van der Waals surface area contributed by atoms with Crippen molar-refractivity contribution in [3.63, 3.8) is 0 Å². The van der Waals surface area contributed by atoms with Gasteiger partial charge in [-0.25, -0.2) is 0 Å². The Morgan fingerprint density at radius 2 is 2.16 bits per heavy atom. The van der Waals surface area contributed by atoms with Crippen LogP contribution >= 0.6 is 0 Å². The summed E-state index contributed by atoms with van der Waals surface area (Å²) in [4.78, 5) is 2.60. The predicted molar refractivity (Wildman–Crippen MR) is 79.2 cm³/mol. The average molecular weight is 264 g/mol. The lowest BCUT2D eigenvalue weighted by Crippen LogP contribution is -2.61. The summed E-state index contributed by atoms with van der Waals surface area (Å²) >= 11 is 0. The second-order valence-corrected chi connectivity index (χ2v) is 6.34. The minimum absolute atomic E-state index is 0.206. The molecule has 1 aromatic heterocycles. The van der Waals surface area contributed by atoms with Crippen LogP contribution in [0, 0.1) is 0 Å². The lowest BCUT2D eigenvalue weighted by molar-refractivity contribution is 0.0835. The summed E-state index contributed by atoms with van der Waals surface area (Å²) in [6.45, 7) is 12.2. The van der Waals surface area contributed by atoms with Crippen LogP contribution in [0.4, 0.5) is 0 Å². The van der Waals surface area contributed by atoms with Crippen molar-refractivity contribution >= 4 is 0 Å². The van der Waals surface area contributed by atoms with Gasteiger partial charge < -0.3 is 5.32 Å². The van der Waals surface area contributed by atoms with Crippen molar-refractivity contribution in [2.75, 3.05) is 13.1 Å². The standard InChI is InChI=1S/C15H28N4/c1-6-12-8-14(18(5)17-12)10-19-11-15(3,4)16-9-13(19)7-2/h8,13,16H,6-7,9-11H2,1-5H3. The summed E-state index contributed by atoms with van der Waals surface area (Å²) in [7, 11) is 2.06. The van der Waals surface area contributed by atoms with Crippen LogP contribution < -0.4 is 5.32 Å². The van der Waals surface area contributed by atoms with Crippen LogP contribution in [0.3, 0.4) is 0 Å². The second-order valence-electron chi connectivity index (χ2n) is 6.34. The van der Waals surface area contributed by atoms with Gasteiger partial charge in [0.15, 0.2) is 0 Å². The Kier molecular flexibility index (Phi) is 4.31. The van der Waals surface area contributed by atoms with Gasteiger partial charge in [-0.05, 0) is 32.8 Å². The molecule has 0 aromatic carbocycles. The molecule has 0 saturated carbocycles. The molecule has 4 heteroatoms. The van der Waals surface area contributed by atoms with Crippen molar-refractivity contribution < 1.29 is 0 Å². The monoisotopic (exact) mass is 264 g/mol. The van der Waals surface area contributed by atoms with Crippen LogP contribution in [0.1, 0.15) is 45.5 Å². The van der Waals surface area contributed by atoms with E-state index in [-0.39, 0.29) is 5.54 Å². The summed E-state index contributed by atoms with van der Waals surface area (Å²) < 4.78 is 2.04. The maximum absolute atomic E-state index is 4.56. The third kappa shape index (κ3) is 3.37. The molecule has 1 aliphatic rings. The molecule has 1 aliphatic heterocycles. The predicted octanol–water partition coefficient (Wildman–Crippen LogP) is 1.94. The number of hydrogen-bond acceptors (Lipinski definition) is 3. The minimum atomic E-state index is 0.206. The summed E-state index contributed by atoms with van der Waals surface area (Å²) in [5.41, 5.74) is 2.73. The Morgan fingerprint density at radius 1 is 1.42 bits per heavy atom. The molecular weight excluding hydrogens is 236 g/mol. The highest BCUT2D eigenvalue weighted by atomic mass is 15.3. The van der Waals surface area contributed by atoms with Crippen molar-refractivity contribution in [2.45, 2.75) is 58.7 Å². The zero-order valence-electron chi connectivity index (χ0n) is 13.0. The van der Waals surface area contributed by atoms with E-state index in [9.17, 15) is 0 Å². The molecule has 0 radical (unpaired) electrons. The van der Waals surface area contributed by atoms with Crippen molar-refractivity contribution in [2.24, 2.45) is 7.05 Å². The van der Waals surface area contributed by atoms with E-state index in [0.717, 1.165) is 26.1 Å². The van der Waals surface area contributed by atoms with Crippen molar-refractivity contribution in [3.8, 4) is 0 Å². The van der Waals surface area contributed by atoms with Gasteiger partial charge in [-0.3, -0.25) is 9.58 Å². The molecule has 0 aliphatic carbocycles. The van der Waals surface area contributed by atoms with Gasteiger partial charge in [-0.15, -0.1) is 0 Å². The zero-order chi connectivity index (χ0) is 14.0. The number of aryl methyl sites for hydroxylation is 2. The minimum Gasteiger partial charge on any atom is -0.309 e. The fourth-order valence-corrected chi connectivity index (χ4v) is 2.90. The molecule has 1 aromatic rings. The number of nitrogens with zero attached hydrogens (tertiary/aromatic N) is 3. The molecule has 1 fully saturated rings. The van der Waals surface area contributed by atoms with Crippen LogP contribution in [0.5, 0.6) is 0 Å². The van der Waals surface area contributed by atoms with E-state index in [1.165, 1.54) is 17.8 Å². The Hall–Kier alpha value is -0.870. The van der Waals surface area contributed by atoms with Crippen LogP contribution in [0.2, 0.25) is 0 Å². The van der Waals surface area contributed by atoms with Gasteiger partial charge in [0.1, 0.15) is 0 Å². The first-order valence-electron chi connectivity index (χ1n) is 7.46. The highest BCUT2D eigenvalue weighted by molar-refractivity contribution is 5.11. The van der Waals surface area contributed by atoms with E-state index in [1.54, 1.807) is 0 Å². The van der Waals surface area contributed by atoms with Crippen LogP contribution in [0.15, 0.2) is 6.07 Å². The molecule has 1 saturated heterocycles. The first kappa shape index (κ1) is 14.5. The Bertz CT molecular complexity index is 422. The normalized spacial score (nSPS) is 23.7. The van der Waals surface area contributed by atoms with Crippen LogP contribution in [-0.2, 0) is 20.0 Å². The summed E-state index contributed by atoms with van der Waals surface area (Å²) in [6.07, 6.45) is 2.21. The van der Waals surface area contributed by atoms with Crippen LogP contribution in [-0.4, -0.2) is 39.4 Å². The first-order valence-corrected chi connectivity index (χ1v) is 7.46. The first-order chi connectivity index (χ1) is 8.95. The van der Waals surface area contributed by atoms with Gasteiger partial charge in [0.05, 0.1) is 11.4 Å². The smallest absolute Gasteiger partial charge is 0.0625 e. The summed E-state index contributed by atoms with van der Waals surface area (Å²) in [6, 6.07) is 2.88. The van der Waals surface area contributed by atoms with Crippen molar-refractivity contribution in [1.29, 1.82) is 0 Å². The Labute approximate surface area is 117 Å². The quantitative estimate of drug-likeness (QED) is 0.902. The number of nitrogens with one attached hydrogen (secondary N) is 1. The van der Waals surface area contributed by atoms with E-state index in [4.69, 9.17) is 0 Å².